The van der Waals surface area contributed by atoms with Crippen LogP contribution in [0.5, 0.6) is 23.0 Å². The van der Waals surface area contributed by atoms with Gasteiger partial charge in [0.25, 0.3) is 0 Å². The molecule has 1 aliphatic rings. The van der Waals surface area contributed by atoms with E-state index in [1.807, 2.05) is 43.3 Å². The average molecular weight is 494 g/mol. The highest BCUT2D eigenvalue weighted by Gasteiger charge is 2.24. The molecule has 4 rings (SSSR count). The fourth-order valence-electron chi connectivity index (χ4n) is 3.37. The number of cyclic esters (lactones) is 1. The lowest BCUT2D eigenvalue weighted by atomic mass is 10.1. The second kappa shape index (κ2) is 11.0. The van der Waals surface area contributed by atoms with Crippen LogP contribution in [0.2, 0.25) is 5.02 Å². The summed E-state index contributed by atoms with van der Waals surface area (Å²) < 4.78 is 27.9. The van der Waals surface area contributed by atoms with E-state index in [-0.39, 0.29) is 24.8 Å². The van der Waals surface area contributed by atoms with Crippen molar-refractivity contribution in [2.24, 2.45) is 4.99 Å². The van der Waals surface area contributed by atoms with Gasteiger partial charge in [0, 0.05) is 5.56 Å². The number of aliphatic imine (C=N–C) groups is 1. The third-order valence-corrected chi connectivity index (χ3v) is 5.44. The van der Waals surface area contributed by atoms with E-state index in [2.05, 4.69) is 4.99 Å². The molecule has 1 aliphatic heterocycles. The molecule has 0 fully saturated rings. The minimum atomic E-state index is -0.532. The Bertz CT molecular complexity index is 1260. The number of carbonyl (C=O) groups is 1. The smallest absolute Gasteiger partial charge is 0.363 e. The van der Waals surface area contributed by atoms with E-state index >= 15 is 0 Å². The van der Waals surface area contributed by atoms with Crippen molar-refractivity contribution in [3.63, 3.8) is 0 Å². The summed E-state index contributed by atoms with van der Waals surface area (Å²) in [5.74, 6) is 1.59. The third-order valence-electron chi connectivity index (χ3n) is 5.13. The monoisotopic (exact) mass is 493 g/mol. The molecule has 1 heterocycles. The zero-order chi connectivity index (χ0) is 24.8. The minimum absolute atomic E-state index is 0.173. The molecule has 3 aromatic rings. The maximum absolute atomic E-state index is 12.4. The largest absolute Gasteiger partial charge is 0.493 e. The molecule has 0 N–H and O–H groups in total. The zero-order valence-electron chi connectivity index (χ0n) is 19.5. The normalized spacial score (nSPS) is 13.9. The molecule has 0 saturated carbocycles. The fraction of sp³-hybridized carbons (Fsp3) is 0.185. The SMILES string of the molecule is COc1cc(C=C2N=C(c3ccc(C)cc3)OC2=O)cc(OC)c1OCCOc1ccccc1Cl. The van der Waals surface area contributed by atoms with Crippen LogP contribution in [0.1, 0.15) is 16.7 Å². The van der Waals surface area contributed by atoms with Crippen LogP contribution in [-0.4, -0.2) is 39.3 Å². The van der Waals surface area contributed by atoms with E-state index in [1.165, 1.54) is 14.2 Å². The Hall–Kier alpha value is -3.97. The number of para-hydroxylation sites is 1. The number of carbonyl (C=O) groups excluding carboxylic acids is 1. The molecule has 180 valence electrons. The van der Waals surface area contributed by atoms with Crippen molar-refractivity contribution in [1.82, 2.24) is 0 Å². The van der Waals surface area contributed by atoms with Crippen LogP contribution >= 0.6 is 11.6 Å². The molecule has 0 aliphatic carbocycles. The van der Waals surface area contributed by atoms with E-state index in [0.29, 0.717) is 33.6 Å². The maximum Gasteiger partial charge on any atom is 0.363 e. The molecule has 0 aromatic heterocycles. The summed E-state index contributed by atoms with van der Waals surface area (Å²) in [4.78, 5) is 16.8. The first-order chi connectivity index (χ1) is 17.0. The Labute approximate surface area is 208 Å². The highest BCUT2D eigenvalue weighted by molar-refractivity contribution is 6.32. The van der Waals surface area contributed by atoms with Crippen molar-refractivity contribution in [3.8, 4) is 23.0 Å². The Morgan fingerprint density at radius 3 is 2.23 bits per heavy atom. The van der Waals surface area contributed by atoms with Crippen LogP contribution in [0.15, 0.2) is 71.4 Å². The summed E-state index contributed by atoms with van der Waals surface area (Å²) in [5, 5.41) is 0.527. The first-order valence-electron chi connectivity index (χ1n) is 10.8. The lowest BCUT2D eigenvalue weighted by Gasteiger charge is -2.16. The third kappa shape index (κ3) is 5.75. The number of esters is 1. The van der Waals surface area contributed by atoms with Crippen LogP contribution < -0.4 is 18.9 Å². The van der Waals surface area contributed by atoms with E-state index in [0.717, 1.165) is 11.1 Å². The first kappa shape index (κ1) is 24.2. The number of benzene rings is 3. The number of rotatable bonds is 9. The first-order valence-corrected chi connectivity index (χ1v) is 11.2. The topological polar surface area (TPSA) is 75.6 Å². The molecule has 35 heavy (non-hydrogen) atoms. The molecule has 0 unspecified atom stereocenters. The number of hydrogen-bond acceptors (Lipinski definition) is 7. The van der Waals surface area contributed by atoms with Gasteiger partial charge in [-0.15, -0.1) is 0 Å². The van der Waals surface area contributed by atoms with Gasteiger partial charge >= 0.3 is 5.97 Å². The summed E-state index contributed by atoms with van der Waals surface area (Å²) in [6.07, 6.45) is 1.61. The molecule has 0 atom stereocenters. The van der Waals surface area contributed by atoms with Crippen LogP contribution in [0.4, 0.5) is 0 Å². The van der Waals surface area contributed by atoms with Crippen LogP contribution in [0.3, 0.4) is 0 Å². The molecular weight excluding hydrogens is 470 g/mol. The maximum atomic E-state index is 12.4. The van der Waals surface area contributed by atoms with E-state index in [1.54, 1.807) is 30.3 Å². The highest BCUT2D eigenvalue weighted by Crippen LogP contribution is 2.39. The van der Waals surface area contributed by atoms with Crippen molar-refractivity contribution in [2.45, 2.75) is 6.92 Å². The molecule has 8 heteroatoms. The number of hydrogen-bond donors (Lipinski definition) is 0. The quantitative estimate of drug-likeness (QED) is 0.223. The zero-order valence-corrected chi connectivity index (χ0v) is 20.3. The molecule has 0 amide bonds. The van der Waals surface area contributed by atoms with Gasteiger partial charge in [0.2, 0.25) is 11.6 Å². The predicted octanol–water partition coefficient (Wildman–Crippen LogP) is 5.47. The second-order valence-corrected chi connectivity index (χ2v) is 7.99. The minimum Gasteiger partial charge on any atom is -0.493 e. The van der Waals surface area contributed by atoms with Gasteiger partial charge in [-0.25, -0.2) is 9.79 Å². The van der Waals surface area contributed by atoms with E-state index in [4.69, 9.17) is 35.3 Å². The predicted molar refractivity (Wildman–Crippen MR) is 134 cm³/mol. The lowest BCUT2D eigenvalue weighted by molar-refractivity contribution is -0.129. The lowest BCUT2D eigenvalue weighted by Crippen LogP contribution is -2.10. The standard InChI is InChI=1S/C27H24ClNO6/c1-17-8-10-19(11-9-17)26-29-21(27(30)35-26)14-18-15-23(31-2)25(24(16-18)32-3)34-13-12-33-22-7-5-4-6-20(22)28/h4-11,14-16H,12-13H2,1-3H3. The van der Waals surface area contributed by atoms with Crippen LogP contribution in [0, 0.1) is 6.92 Å². The van der Waals surface area contributed by atoms with Gasteiger partial charge in [0.05, 0.1) is 19.2 Å². The summed E-state index contributed by atoms with van der Waals surface area (Å²) in [5.41, 5.74) is 2.64. The van der Waals surface area contributed by atoms with Gasteiger partial charge in [0.1, 0.15) is 19.0 Å². The van der Waals surface area contributed by atoms with Crippen molar-refractivity contribution < 1.29 is 28.5 Å². The van der Waals surface area contributed by atoms with Crippen molar-refractivity contribution in [3.05, 3.63) is 88.1 Å². The second-order valence-electron chi connectivity index (χ2n) is 7.58. The van der Waals surface area contributed by atoms with Gasteiger partial charge in [-0.1, -0.05) is 41.4 Å². The van der Waals surface area contributed by atoms with E-state index in [9.17, 15) is 4.79 Å². The van der Waals surface area contributed by atoms with Gasteiger partial charge < -0.3 is 23.7 Å². The number of ether oxygens (including phenoxy) is 5. The van der Waals surface area contributed by atoms with Crippen LogP contribution in [0.25, 0.3) is 6.08 Å². The van der Waals surface area contributed by atoms with Crippen LogP contribution in [-0.2, 0) is 9.53 Å². The van der Waals surface area contributed by atoms with Gasteiger partial charge in [-0.3, -0.25) is 0 Å². The molecule has 3 aromatic carbocycles. The Kier molecular flexibility index (Phi) is 7.57. The molecule has 0 saturated heterocycles. The average Bonchev–Trinajstić information content (AvgIpc) is 3.23. The number of halogens is 1. The molecule has 0 radical (unpaired) electrons. The van der Waals surface area contributed by atoms with Gasteiger partial charge in [-0.05, 0) is 55.0 Å². The molecule has 0 spiro atoms. The van der Waals surface area contributed by atoms with Gasteiger partial charge in [0.15, 0.2) is 17.2 Å². The number of aryl methyl sites for hydroxylation is 1. The van der Waals surface area contributed by atoms with Crippen molar-refractivity contribution in [2.75, 3.05) is 27.4 Å². The fourth-order valence-corrected chi connectivity index (χ4v) is 3.56. The van der Waals surface area contributed by atoms with E-state index < -0.39 is 5.97 Å². The number of methoxy groups -OCH3 is 2. The van der Waals surface area contributed by atoms with Gasteiger partial charge in [-0.2, -0.15) is 0 Å². The Morgan fingerprint density at radius 2 is 1.57 bits per heavy atom. The molecular formula is C27H24ClNO6. The molecule has 7 nitrogen and oxygen atoms in total. The summed E-state index contributed by atoms with van der Waals surface area (Å²) >= 11 is 6.11. The number of nitrogens with zero attached hydrogens (tertiary/aromatic N) is 1. The van der Waals surface area contributed by atoms with Crippen molar-refractivity contribution in [1.29, 1.82) is 0 Å². The summed E-state index contributed by atoms with van der Waals surface area (Å²) in [6.45, 7) is 2.48. The Morgan fingerprint density at radius 1 is 0.914 bits per heavy atom. The Balaban J connectivity index is 1.51. The summed E-state index contributed by atoms with van der Waals surface area (Å²) in [7, 11) is 3.05. The highest BCUT2D eigenvalue weighted by atomic mass is 35.5. The molecule has 0 bridgehead atoms. The summed E-state index contributed by atoms with van der Waals surface area (Å²) in [6, 6.07) is 18.3. The van der Waals surface area contributed by atoms with Crippen molar-refractivity contribution >= 4 is 29.5 Å².